The number of morpholine rings is 1. The van der Waals surface area contributed by atoms with Gasteiger partial charge in [-0.3, -0.25) is 9.20 Å². The molecule has 2 aliphatic rings. The van der Waals surface area contributed by atoms with Crippen LogP contribution in [0.25, 0.3) is 5.52 Å². The molecular weight excluding hydrogens is 350 g/mol. The van der Waals surface area contributed by atoms with Gasteiger partial charge in [0.2, 0.25) is 5.91 Å². The second kappa shape index (κ2) is 5.20. The third-order valence-corrected chi connectivity index (χ3v) is 5.05. The summed E-state index contributed by atoms with van der Waals surface area (Å²) < 4.78 is 8.01. The third-order valence-electron chi connectivity index (χ3n) is 4.50. The molecule has 8 heteroatoms. The van der Waals surface area contributed by atoms with Crippen molar-refractivity contribution >= 4 is 33.2 Å². The summed E-state index contributed by atoms with van der Waals surface area (Å²) >= 11 is 3.46. The number of anilines is 1. The molecule has 0 aromatic carbocycles. The molecule has 0 radical (unpaired) electrons. The molecular formula is C14H16BrN5O2. The van der Waals surface area contributed by atoms with Crippen LogP contribution in [0.15, 0.2) is 17.0 Å². The number of halogens is 1. The Hall–Kier alpha value is -1.67. The van der Waals surface area contributed by atoms with Gasteiger partial charge in [-0.1, -0.05) is 0 Å². The van der Waals surface area contributed by atoms with Crippen molar-refractivity contribution in [2.45, 2.75) is 24.8 Å². The lowest BCUT2D eigenvalue weighted by atomic mass is 9.91. The topological polar surface area (TPSA) is 85.8 Å². The Morgan fingerprint density at radius 2 is 2.27 bits per heavy atom. The second-order valence-corrected chi connectivity index (χ2v) is 6.53. The third kappa shape index (κ3) is 2.09. The van der Waals surface area contributed by atoms with Gasteiger partial charge in [0.05, 0.1) is 12.6 Å². The smallest absolute Gasteiger partial charge is 0.248 e. The summed E-state index contributed by atoms with van der Waals surface area (Å²) in [6, 6.07) is 0.207. The van der Waals surface area contributed by atoms with Gasteiger partial charge in [-0.2, -0.15) is 0 Å². The van der Waals surface area contributed by atoms with E-state index in [0.29, 0.717) is 23.6 Å². The number of carbonyl (C=O) groups excluding carboxylic acids is 1. The first-order valence-corrected chi connectivity index (χ1v) is 8.09. The molecule has 0 unspecified atom stereocenters. The van der Waals surface area contributed by atoms with Gasteiger partial charge in [0.15, 0.2) is 5.82 Å². The van der Waals surface area contributed by atoms with Crippen LogP contribution in [0.3, 0.4) is 0 Å². The molecule has 116 valence electrons. The summed E-state index contributed by atoms with van der Waals surface area (Å²) in [6.45, 7) is 1.51. The SMILES string of the molecule is Nc1nccn2c([C@@H]3CC[C@@H]4COCC(=O)N4C3)nc(Br)c12. The zero-order chi connectivity index (χ0) is 15.3. The van der Waals surface area contributed by atoms with E-state index in [1.54, 1.807) is 6.20 Å². The first-order valence-electron chi connectivity index (χ1n) is 7.30. The minimum atomic E-state index is 0.0713. The minimum absolute atomic E-state index is 0.0713. The van der Waals surface area contributed by atoms with E-state index in [9.17, 15) is 4.79 Å². The maximum absolute atomic E-state index is 12.1. The summed E-state index contributed by atoms with van der Waals surface area (Å²) in [7, 11) is 0. The van der Waals surface area contributed by atoms with Crippen molar-refractivity contribution < 1.29 is 9.53 Å². The number of aromatic nitrogens is 3. The molecule has 0 aliphatic carbocycles. The Morgan fingerprint density at radius 3 is 3.14 bits per heavy atom. The zero-order valence-corrected chi connectivity index (χ0v) is 13.5. The number of nitrogen functional groups attached to an aromatic ring is 1. The summed E-state index contributed by atoms with van der Waals surface area (Å²) in [5, 5.41) is 0. The number of hydrogen-bond donors (Lipinski definition) is 1. The monoisotopic (exact) mass is 365 g/mol. The van der Waals surface area contributed by atoms with Gasteiger partial charge in [0.1, 0.15) is 22.6 Å². The van der Waals surface area contributed by atoms with Gasteiger partial charge in [-0.05, 0) is 28.8 Å². The Labute approximate surface area is 135 Å². The average Bonchev–Trinajstić information content (AvgIpc) is 2.86. The normalized spacial score (nSPS) is 25.5. The molecule has 0 saturated carbocycles. The molecule has 0 bridgehead atoms. The van der Waals surface area contributed by atoms with Crippen LogP contribution in [-0.2, 0) is 9.53 Å². The van der Waals surface area contributed by atoms with E-state index in [4.69, 9.17) is 10.5 Å². The lowest BCUT2D eigenvalue weighted by Crippen LogP contribution is -2.53. The van der Waals surface area contributed by atoms with Crippen molar-refractivity contribution in [1.29, 1.82) is 0 Å². The summed E-state index contributed by atoms with van der Waals surface area (Å²) in [5.74, 6) is 1.64. The molecule has 2 N–H and O–H groups in total. The number of fused-ring (bicyclic) bond motifs is 2. The fourth-order valence-electron chi connectivity index (χ4n) is 3.41. The van der Waals surface area contributed by atoms with E-state index >= 15 is 0 Å². The zero-order valence-electron chi connectivity index (χ0n) is 11.9. The van der Waals surface area contributed by atoms with Crippen molar-refractivity contribution in [3.63, 3.8) is 0 Å². The maximum atomic E-state index is 12.1. The molecule has 2 aromatic heterocycles. The lowest BCUT2D eigenvalue weighted by Gasteiger charge is -2.41. The van der Waals surface area contributed by atoms with Crippen LogP contribution in [0.5, 0.6) is 0 Å². The highest BCUT2D eigenvalue weighted by molar-refractivity contribution is 9.10. The number of ether oxygens (including phenoxy) is 1. The van der Waals surface area contributed by atoms with E-state index < -0.39 is 0 Å². The van der Waals surface area contributed by atoms with Crippen LogP contribution in [0.4, 0.5) is 5.82 Å². The van der Waals surface area contributed by atoms with Crippen molar-refractivity contribution in [1.82, 2.24) is 19.3 Å². The molecule has 2 saturated heterocycles. The van der Waals surface area contributed by atoms with E-state index in [2.05, 4.69) is 25.9 Å². The van der Waals surface area contributed by atoms with Crippen molar-refractivity contribution in [2.24, 2.45) is 0 Å². The molecule has 2 aliphatic heterocycles. The van der Waals surface area contributed by atoms with E-state index in [0.717, 1.165) is 24.2 Å². The van der Waals surface area contributed by atoms with E-state index in [1.807, 2.05) is 15.5 Å². The van der Waals surface area contributed by atoms with Gasteiger partial charge in [-0.15, -0.1) is 0 Å². The van der Waals surface area contributed by atoms with E-state index in [1.165, 1.54) is 0 Å². The molecule has 1 amide bonds. The van der Waals surface area contributed by atoms with Crippen LogP contribution in [-0.4, -0.2) is 51.0 Å². The molecule has 2 atom stereocenters. The Balaban J connectivity index is 1.71. The van der Waals surface area contributed by atoms with Crippen molar-refractivity contribution in [2.75, 3.05) is 25.5 Å². The number of carbonyl (C=O) groups is 1. The van der Waals surface area contributed by atoms with Gasteiger partial charge in [0, 0.05) is 24.9 Å². The van der Waals surface area contributed by atoms with Gasteiger partial charge in [0.25, 0.3) is 0 Å². The highest BCUT2D eigenvalue weighted by Gasteiger charge is 2.36. The number of imidazole rings is 1. The quantitative estimate of drug-likeness (QED) is 0.819. The fourth-order valence-corrected chi connectivity index (χ4v) is 3.99. The molecule has 22 heavy (non-hydrogen) atoms. The summed E-state index contributed by atoms with van der Waals surface area (Å²) in [6.07, 6.45) is 5.45. The Morgan fingerprint density at radius 1 is 1.41 bits per heavy atom. The fraction of sp³-hybridized carbons (Fsp3) is 0.500. The van der Waals surface area contributed by atoms with Crippen LogP contribution >= 0.6 is 15.9 Å². The number of nitrogens with zero attached hydrogens (tertiary/aromatic N) is 4. The van der Waals surface area contributed by atoms with Crippen LogP contribution in [0, 0.1) is 0 Å². The predicted octanol–water partition coefficient (Wildman–Crippen LogP) is 1.18. The highest BCUT2D eigenvalue weighted by Crippen LogP contribution is 2.34. The van der Waals surface area contributed by atoms with E-state index in [-0.39, 0.29) is 24.5 Å². The first-order chi connectivity index (χ1) is 10.6. The molecule has 2 fully saturated rings. The van der Waals surface area contributed by atoms with Gasteiger partial charge < -0.3 is 15.4 Å². The summed E-state index contributed by atoms with van der Waals surface area (Å²) in [5.41, 5.74) is 6.73. The second-order valence-electron chi connectivity index (χ2n) is 5.78. The average molecular weight is 366 g/mol. The summed E-state index contributed by atoms with van der Waals surface area (Å²) in [4.78, 5) is 22.7. The Kier molecular flexibility index (Phi) is 3.30. The molecule has 2 aromatic rings. The molecule has 4 heterocycles. The maximum Gasteiger partial charge on any atom is 0.248 e. The lowest BCUT2D eigenvalue weighted by molar-refractivity contribution is -0.150. The molecule has 4 rings (SSSR count). The van der Waals surface area contributed by atoms with Crippen molar-refractivity contribution in [3.05, 3.63) is 22.8 Å². The van der Waals surface area contributed by atoms with Crippen LogP contribution < -0.4 is 5.73 Å². The standard InChI is InChI=1S/C14H16BrN5O2/c15-12-11-13(16)17-3-4-19(11)14(18-12)8-1-2-9-6-22-7-10(21)20(9)5-8/h3-4,8-9H,1-2,5-7H2,(H2,16,17)/t8-,9-/m1/s1. The minimum Gasteiger partial charge on any atom is -0.382 e. The van der Waals surface area contributed by atoms with Gasteiger partial charge >= 0.3 is 0 Å². The molecule has 0 spiro atoms. The van der Waals surface area contributed by atoms with Gasteiger partial charge in [-0.25, -0.2) is 9.97 Å². The molecule has 7 nitrogen and oxygen atoms in total. The van der Waals surface area contributed by atoms with Crippen molar-refractivity contribution in [3.8, 4) is 0 Å². The largest absolute Gasteiger partial charge is 0.382 e. The number of amides is 1. The first kappa shape index (κ1) is 14.0. The highest BCUT2D eigenvalue weighted by atomic mass is 79.9. The number of piperidine rings is 1. The number of rotatable bonds is 1. The van der Waals surface area contributed by atoms with Crippen LogP contribution in [0.1, 0.15) is 24.6 Å². The Bertz CT molecular complexity index is 746. The number of nitrogens with two attached hydrogens (primary N) is 1. The number of hydrogen-bond acceptors (Lipinski definition) is 5. The van der Waals surface area contributed by atoms with Crippen LogP contribution in [0.2, 0.25) is 0 Å². The predicted molar refractivity (Wildman–Crippen MR) is 83.4 cm³/mol.